The van der Waals surface area contributed by atoms with Crippen LogP contribution in [0, 0.1) is 5.92 Å². The molecule has 2 atom stereocenters. The Labute approximate surface area is 153 Å². The van der Waals surface area contributed by atoms with E-state index in [1.807, 2.05) is 0 Å². The first-order chi connectivity index (χ1) is 12.3. The second-order valence-corrected chi connectivity index (χ2v) is 7.28. The molecule has 2 N–H and O–H groups in total. The molecule has 132 valence electrons. The van der Waals surface area contributed by atoms with Crippen LogP contribution in [0.4, 0.5) is 11.5 Å². The van der Waals surface area contributed by atoms with Gasteiger partial charge in [-0.3, -0.25) is 4.84 Å². The Morgan fingerprint density at radius 3 is 2.96 bits per heavy atom. The highest BCUT2D eigenvalue weighted by Crippen LogP contribution is 2.35. The zero-order chi connectivity index (χ0) is 17.1. The fourth-order valence-electron chi connectivity index (χ4n) is 4.07. The van der Waals surface area contributed by atoms with Gasteiger partial charge >= 0.3 is 0 Å². The third-order valence-electron chi connectivity index (χ3n) is 5.41. The van der Waals surface area contributed by atoms with Crippen molar-refractivity contribution >= 4 is 23.3 Å². The van der Waals surface area contributed by atoms with Gasteiger partial charge in [-0.15, -0.1) is 0 Å². The summed E-state index contributed by atoms with van der Waals surface area (Å²) < 4.78 is 0. The van der Waals surface area contributed by atoms with E-state index < -0.39 is 0 Å². The van der Waals surface area contributed by atoms with Gasteiger partial charge in [-0.2, -0.15) is 0 Å². The van der Waals surface area contributed by atoms with Crippen LogP contribution in [0.1, 0.15) is 30.0 Å². The smallest absolute Gasteiger partial charge is 0.167 e. The summed E-state index contributed by atoms with van der Waals surface area (Å²) in [5, 5.41) is 3.40. The number of aromatic nitrogens is 2. The number of benzene rings is 1. The highest BCUT2D eigenvalue weighted by Gasteiger charge is 2.31. The number of halogens is 1. The molecule has 0 radical (unpaired) electrons. The summed E-state index contributed by atoms with van der Waals surface area (Å²) >= 11 is 5.74. The Kier molecular flexibility index (Phi) is 5.04. The Morgan fingerprint density at radius 1 is 1.24 bits per heavy atom. The first-order valence-electron chi connectivity index (χ1n) is 9.05. The lowest BCUT2D eigenvalue weighted by atomic mass is 9.99. The van der Waals surface area contributed by atoms with Crippen LogP contribution < -0.4 is 10.2 Å². The molecule has 6 heteroatoms. The predicted molar refractivity (Wildman–Crippen MR) is 102 cm³/mol. The first-order valence-corrected chi connectivity index (χ1v) is 9.43. The van der Waals surface area contributed by atoms with Crippen molar-refractivity contribution < 1.29 is 0 Å². The van der Waals surface area contributed by atoms with Crippen molar-refractivity contribution in [1.29, 1.82) is 0 Å². The van der Waals surface area contributed by atoms with Crippen LogP contribution in [0.25, 0.3) is 0 Å². The van der Waals surface area contributed by atoms with Crippen molar-refractivity contribution in [3.8, 4) is 0 Å². The molecule has 0 aliphatic carbocycles. The topological polar surface area (TPSA) is 53.1 Å². The highest BCUT2D eigenvalue weighted by atomic mass is 35.5. The van der Waals surface area contributed by atoms with E-state index in [0.29, 0.717) is 11.7 Å². The standard InChI is InChI=1S/C19H24ClN5/c20-24-19-18-17(22-13-23-19)16(10-21-18)12-25-9-8-15(11-25)7-6-14-4-2-1-3-5-14/h1-5,13,15-16,21H,6-12H2,(H,22,23,24)/t15-,16?/m1/s1. The molecule has 0 saturated carbocycles. The van der Waals surface area contributed by atoms with E-state index in [1.165, 1.54) is 37.9 Å². The maximum absolute atomic E-state index is 5.74. The van der Waals surface area contributed by atoms with Gasteiger partial charge < -0.3 is 10.2 Å². The molecule has 4 rings (SSSR count). The second-order valence-electron chi connectivity index (χ2n) is 7.09. The van der Waals surface area contributed by atoms with Crippen LogP contribution in [0.3, 0.4) is 0 Å². The Morgan fingerprint density at radius 2 is 2.12 bits per heavy atom. The molecule has 1 unspecified atom stereocenters. The normalized spacial score (nSPS) is 22.6. The van der Waals surface area contributed by atoms with E-state index in [9.17, 15) is 0 Å². The van der Waals surface area contributed by atoms with Crippen LogP contribution in [0.2, 0.25) is 0 Å². The van der Waals surface area contributed by atoms with E-state index in [1.54, 1.807) is 6.33 Å². The Hall–Kier alpha value is -1.85. The molecule has 0 spiro atoms. The number of nitrogens with zero attached hydrogens (tertiary/aromatic N) is 3. The van der Waals surface area contributed by atoms with Crippen molar-refractivity contribution in [2.24, 2.45) is 5.92 Å². The van der Waals surface area contributed by atoms with Crippen LogP contribution in [0.5, 0.6) is 0 Å². The van der Waals surface area contributed by atoms with Gasteiger partial charge in [-0.05, 0) is 37.3 Å². The molecule has 2 aromatic rings. The Balaban J connectivity index is 1.31. The lowest BCUT2D eigenvalue weighted by molar-refractivity contribution is 0.303. The maximum Gasteiger partial charge on any atom is 0.167 e. The van der Waals surface area contributed by atoms with E-state index in [-0.39, 0.29) is 0 Å². The van der Waals surface area contributed by atoms with Crippen LogP contribution >= 0.6 is 11.8 Å². The number of anilines is 2. The van der Waals surface area contributed by atoms with Gasteiger partial charge in [0.15, 0.2) is 5.82 Å². The van der Waals surface area contributed by atoms with Crippen LogP contribution in [-0.2, 0) is 6.42 Å². The molecule has 5 nitrogen and oxygen atoms in total. The average molecular weight is 358 g/mol. The number of aryl methyl sites for hydroxylation is 1. The summed E-state index contributed by atoms with van der Waals surface area (Å²) in [6.45, 7) is 4.35. The zero-order valence-electron chi connectivity index (χ0n) is 14.3. The first kappa shape index (κ1) is 16.6. The third-order valence-corrected chi connectivity index (χ3v) is 5.59. The van der Waals surface area contributed by atoms with Gasteiger partial charge in [0.1, 0.15) is 12.0 Å². The zero-order valence-corrected chi connectivity index (χ0v) is 15.0. The minimum atomic E-state index is 0.412. The average Bonchev–Trinajstić information content (AvgIpc) is 3.28. The largest absolute Gasteiger partial charge is 0.380 e. The fourth-order valence-corrected chi connectivity index (χ4v) is 4.21. The number of nitrogens with one attached hydrogen (secondary N) is 2. The van der Waals surface area contributed by atoms with Crippen LogP contribution in [0.15, 0.2) is 36.7 Å². The summed E-state index contributed by atoms with van der Waals surface area (Å²) in [7, 11) is 0. The van der Waals surface area contributed by atoms with E-state index in [4.69, 9.17) is 11.8 Å². The lowest BCUT2D eigenvalue weighted by Gasteiger charge is -2.20. The monoisotopic (exact) mass is 357 g/mol. The summed E-state index contributed by atoms with van der Waals surface area (Å²) in [5.41, 5.74) is 3.50. The molecule has 2 aliphatic rings. The van der Waals surface area contributed by atoms with Crippen molar-refractivity contribution in [2.75, 3.05) is 36.3 Å². The van der Waals surface area contributed by atoms with E-state index in [2.05, 4.69) is 55.4 Å². The summed E-state index contributed by atoms with van der Waals surface area (Å²) in [6.07, 6.45) is 5.36. The van der Waals surface area contributed by atoms with Crippen LogP contribution in [-0.4, -0.2) is 41.0 Å². The minimum absolute atomic E-state index is 0.412. The summed E-state index contributed by atoms with van der Waals surface area (Å²) in [6, 6.07) is 10.8. The molecular formula is C19H24ClN5. The second kappa shape index (κ2) is 7.58. The molecule has 1 aromatic carbocycles. The van der Waals surface area contributed by atoms with Gasteiger partial charge in [0, 0.05) is 37.3 Å². The lowest BCUT2D eigenvalue weighted by Crippen LogP contribution is -2.27. The van der Waals surface area contributed by atoms with Crippen molar-refractivity contribution in [2.45, 2.75) is 25.2 Å². The summed E-state index contributed by atoms with van der Waals surface area (Å²) in [4.78, 5) is 13.9. The van der Waals surface area contributed by atoms with Gasteiger partial charge in [0.25, 0.3) is 0 Å². The third kappa shape index (κ3) is 3.72. The molecule has 0 amide bonds. The minimum Gasteiger partial charge on any atom is -0.380 e. The molecule has 3 heterocycles. The highest BCUT2D eigenvalue weighted by molar-refractivity contribution is 6.24. The van der Waals surface area contributed by atoms with Gasteiger partial charge in [-0.1, -0.05) is 30.3 Å². The number of hydrogen-bond acceptors (Lipinski definition) is 5. The predicted octanol–water partition coefficient (Wildman–Crippen LogP) is 3.51. The fraction of sp³-hybridized carbons (Fsp3) is 0.474. The van der Waals surface area contributed by atoms with E-state index >= 15 is 0 Å². The number of rotatable bonds is 6. The number of hydrogen-bond donors (Lipinski definition) is 2. The Bertz CT molecular complexity index is 708. The molecule has 1 aromatic heterocycles. The van der Waals surface area contributed by atoms with Crippen molar-refractivity contribution in [3.05, 3.63) is 47.9 Å². The van der Waals surface area contributed by atoms with Crippen molar-refractivity contribution in [1.82, 2.24) is 14.9 Å². The number of fused-ring (bicyclic) bond motifs is 1. The SMILES string of the molecule is ClNc1ncnc2c1NCC2CN1CC[C@@H](CCc2ccccc2)C1. The van der Waals surface area contributed by atoms with Gasteiger partial charge in [-0.25, -0.2) is 9.97 Å². The number of likely N-dealkylation sites (tertiary alicyclic amines) is 1. The molecule has 0 bridgehead atoms. The molecular weight excluding hydrogens is 334 g/mol. The molecule has 2 aliphatic heterocycles. The molecule has 1 fully saturated rings. The summed E-state index contributed by atoms with van der Waals surface area (Å²) in [5.74, 6) is 1.89. The van der Waals surface area contributed by atoms with Gasteiger partial charge in [0.2, 0.25) is 0 Å². The molecule has 25 heavy (non-hydrogen) atoms. The van der Waals surface area contributed by atoms with E-state index in [0.717, 1.165) is 30.4 Å². The maximum atomic E-state index is 5.74. The molecule has 1 saturated heterocycles. The van der Waals surface area contributed by atoms with Crippen molar-refractivity contribution in [3.63, 3.8) is 0 Å². The quantitative estimate of drug-likeness (QED) is 0.775. The van der Waals surface area contributed by atoms with Gasteiger partial charge in [0.05, 0.1) is 5.69 Å².